The fourth-order valence-electron chi connectivity index (χ4n) is 1.72. The highest BCUT2D eigenvalue weighted by atomic mass is 16.6. The lowest BCUT2D eigenvalue weighted by molar-refractivity contribution is -0.112. The monoisotopic (exact) mass is 284 g/mol. The number of rotatable bonds is 6. The number of para-hydroxylation sites is 2. The van der Waals surface area contributed by atoms with Crippen LogP contribution in [0, 0.1) is 0 Å². The third kappa shape index (κ3) is 3.82. The van der Waals surface area contributed by atoms with Crippen LogP contribution >= 0.6 is 0 Å². The number of benzene rings is 2. The lowest BCUT2D eigenvalue weighted by Gasteiger charge is -2.11. The van der Waals surface area contributed by atoms with E-state index < -0.39 is 5.91 Å². The van der Waals surface area contributed by atoms with Crippen molar-refractivity contribution in [1.29, 1.82) is 0 Å². The van der Waals surface area contributed by atoms with E-state index in [-0.39, 0.29) is 5.71 Å². The van der Waals surface area contributed by atoms with Crippen molar-refractivity contribution in [2.24, 2.45) is 10.9 Å². The van der Waals surface area contributed by atoms with E-state index in [4.69, 9.17) is 15.3 Å². The molecule has 1 amide bonds. The SMILES string of the molecule is CCO/N=C(\C(N)=O)c1ccccc1Oc1ccccc1. The third-order valence-corrected chi connectivity index (χ3v) is 2.63. The lowest BCUT2D eigenvalue weighted by atomic mass is 10.1. The van der Waals surface area contributed by atoms with Crippen molar-refractivity contribution in [3.8, 4) is 11.5 Å². The van der Waals surface area contributed by atoms with Crippen molar-refractivity contribution in [3.05, 3.63) is 60.2 Å². The molecule has 0 heterocycles. The average Bonchev–Trinajstić information content (AvgIpc) is 2.50. The first-order chi connectivity index (χ1) is 10.2. The van der Waals surface area contributed by atoms with E-state index in [2.05, 4.69) is 5.16 Å². The van der Waals surface area contributed by atoms with Gasteiger partial charge in [0.25, 0.3) is 5.91 Å². The zero-order valence-corrected chi connectivity index (χ0v) is 11.7. The molecule has 0 unspecified atom stereocenters. The van der Waals surface area contributed by atoms with Gasteiger partial charge in [-0.25, -0.2) is 0 Å². The van der Waals surface area contributed by atoms with Crippen LogP contribution in [0.5, 0.6) is 11.5 Å². The Hall–Kier alpha value is -2.82. The molecule has 2 aromatic carbocycles. The van der Waals surface area contributed by atoms with E-state index in [0.29, 0.717) is 23.7 Å². The fraction of sp³-hybridized carbons (Fsp3) is 0.125. The first kappa shape index (κ1) is 14.6. The molecule has 0 bridgehead atoms. The molecule has 0 saturated heterocycles. The van der Waals surface area contributed by atoms with Crippen LogP contribution in [0.4, 0.5) is 0 Å². The molecule has 0 atom stereocenters. The molecular formula is C16H16N2O3. The zero-order chi connectivity index (χ0) is 15.1. The molecule has 5 nitrogen and oxygen atoms in total. The maximum absolute atomic E-state index is 11.6. The molecule has 0 aromatic heterocycles. The van der Waals surface area contributed by atoms with Crippen LogP contribution in [0.1, 0.15) is 12.5 Å². The summed E-state index contributed by atoms with van der Waals surface area (Å²) in [5.41, 5.74) is 5.89. The van der Waals surface area contributed by atoms with Crippen molar-refractivity contribution >= 4 is 11.6 Å². The van der Waals surface area contributed by atoms with Gasteiger partial charge in [-0.2, -0.15) is 0 Å². The summed E-state index contributed by atoms with van der Waals surface area (Å²) in [4.78, 5) is 16.5. The second-order valence-electron chi connectivity index (χ2n) is 4.13. The van der Waals surface area contributed by atoms with Gasteiger partial charge < -0.3 is 15.3 Å². The van der Waals surface area contributed by atoms with Gasteiger partial charge in [-0.3, -0.25) is 4.79 Å². The quantitative estimate of drug-likeness (QED) is 0.654. The van der Waals surface area contributed by atoms with Gasteiger partial charge in [0.2, 0.25) is 0 Å². The Kier molecular flexibility index (Phi) is 4.93. The molecule has 0 spiro atoms. The van der Waals surface area contributed by atoms with Crippen molar-refractivity contribution in [2.45, 2.75) is 6.92 Å². The van der Waals surface area contributed by atoms with Crippen molar-refractivity contribution < 1.29 is 14.4 Å². The number of primary amides is 1. The van der Waals surface area contributed by atoms with Crippen LogP contribution in [0.15, 0.2) is 59.8 Å². The molecule has 0 saturated carbocycles. The molecule has 0 radical (unpaired) electrons. The zero-order valence-electron chi connectivity index (χ0n) is 11.7. The highest BCUT2D eigenvalue weighted by Crippen LogP contribution is 2.25. The van der Waals surface area contributed by atoms with Gasteiger partial charge in [0.05, 0.1) is 5.56 Å². The van der Waals surface area contributed by atoms with Crippen molar-refractivity contribution in [1.82, 2.24) is 0 Å². The van der Waals surface area contributed by atoms with Gasteiger partial charge in [-0.1, -0.05) is 35.5 Å². The second kappa shape index (κ2) is 7.09. The molecule has 0 aliphatic heterocycles. The van der Waals surface area contributed by atoms with Crippen LogP contribution in [0.2, 0.25) is 0 Å². The van der Waals surface area contributed by atoms with E-state index in [1.165, 1.54) is 0 Å². The first-order valence-corrected chi connectivity index (χ1v) is 6.54. The first-order valence-electron chi connectivity index (χ1n) is 6.54. The number of nitrogens with zero attached hydrogens (tertiary/aromatic N) is 1. The minimum atomic E-state index is -0.674. The predicted molar refractivity (Wildman–Crippen MR) is 80.3 cm³/mol. The molecule has 5 heteroatoms. The molecule has 108 valence electrons. The minimum absolute atomic E-state index is 0.0309. The Morgan fingerprint density at radius 1 is 1.10 bits per heavy atom. The summed E-state index contributed by atoms with van der Waals surface area (Å²) in [6.07, 6.45) is 0. The molecule has 2 aromatic rings. The third-order valence-electron chi connectivity index (χ3n) is 2.63. The Balaban J connectivity index is 2.37. The van der Waals surface area contributed by atoms with E-state index >= 15 is 0 Å². The highest BCUT2D eigenvalue weighted by Gasteiger charge is 2.17. The van der Waals surface area contributed by atoms with Gasteiger partial charge >= 0.3 is 0 Å². The van der Waals surface area contributed by atoms with Crippen LogP contribution < -0.4 is 10.5 Å². The predicted octanol–water partition coefficient (Wildman–Crippen LogP) is 2.70. The maximum Gasteiger partial charge on any atom is 0.271 e. The topological polar surface area (TPSA) is 73.9 Å². The molecular weight excluding hydrogens is 268 g/mol. The van der Waals surface area contributed by atoms with E-state index in [1.54, 1.807) is 31.2 Å². The van der Waals surface area contributed by atoms with Gasteiger partial charge in [-0.05, 0) is 31.2 Å². The summed E-state index contributed by atoms with van der Waals surface area (Å²) < 4.78 is 5.78. The van der Waals surface area contributed by atoms with E-state index in [1.807, 2.05) is 30.3 Å². The summed E-state index contributed by atoms with van der Waals surface area (Å²) >= 11 is 0. The molecule has 0 fully saturated rings. The second-order valence-corrected chi connectivity index (χ2v) is 4.13. The standard InChI is InChI=1S/C16H16N2O3/c1-2-20-18-15(16(17)19)13-10-6-7-11-14(13)21-12-8-4-3-5-9-12/h3-11H,2H2,1H3,(H2,17,19)/b18-15-. The Morgan fingerprint density at radius 2 is 1.76 bits per heavy atom. The number of carbonyl (C=O) groups is 1. The summed E-state index contributed by atoms with van der Waals surface area (Å²) in [5.74, 6) is 0.471. The Morgan fingerprint density at radius 3 is 2.43 bits per heavy atom. The van der Waals surface area contributed by atoms with Crippen molar-refractivity contribution in [2.75, 3.05) is 6.61 Å². The summed E-state index contributed by atoms with van der Waals surface area (Å²) in [6.45, 7) is 2.12. The number of ether oxygens (including phenoxy) is 1. The lowest BCUT2D eigenvalue weighted by Crippen LogP contribution is -2.25. The summed E-state index contributed by atoms with van der Waals surface area (Å²) in [5, 5.41) is 3.78. The number of nitrogens with two attached hydrogens (primary N) is 1. The van der Waals surface area contributed by atoms with Gasteiger partial charge in [0, 0.05) is 0 Å². The fourth-order valence-corrected chi connectivity index (χ4v) is 1.72. The Bertz CT molecular complexity index is 639. The van der Waals surface area contributed by atoms with Crippen LogP contribution in [0.3, 0.4) is 0 Å². The number of hydrogen-bond donors (Lipinski definition) is 1. The molecule has 2 rings (SSSR count). The average molecular weight is 284 g/mol. The Labute approximate surface area is 123 Å². The van der Waals surface area contributed by atoms with Crippen LogP contribution in [0.25, 0.3) is 0 Å². The molecule has 2 N–H and O–H groups in total. The molecule has 0 aliphatic rings. The number of oxime groups is 1. The van der Waals surface area contributed by atoms with Crippen LogP contribution in [-0.2, 0) is 9.63 Å². The number of hydrogen-bond acceptors (Lipinski definition) is 4. The van der Waals surface area contributed by atoms with Gasteiger partial charge in [0.1, 0.15) is 18.1 Å². The highest BCUT2D eigenvalue weighted by molar-refractivity contribution is 6.45. The number of amides is 1. The number of carbonyl (C=O) groups excluding carboxylic acids is 1. The van der Waals surface area contributed by atoms with Crippen molar-refractivity contribution in [3.63, 3.8) is 0 Å². The molecule has 0 aliphatic carbocycles. The summed E-state index contributed by atoms with van der Waals surface area (Å²) in [7, 11) is 0. The summed E-state index contributed by atoms with van der Waals surface area (Å²) in [6, 6.07) is 16.3. The van der Waals surface area contributed by atoms with Gasteiger partial charge in [0.15, 0.2) is 5.71 Å². The largest absolute Gasteiger partial charge is 0.457 e. The maximum atomic E-state index is 11.6. The van der Waals surface area contributed by atoms with Crippen LogP contribution in [-0.4, -0.2) is 18.2 Å². The smallest absolute Gasteiger partial charge is 0.271 e. The molecule has 21 heavy (non-hydrogen) atoms. The minimum Gasteiger partial charge on any atom is -0.457 e. The van der Waals surface area contributed by atoms with E-state index in [0.717, 1.165) is 0 Å². The normalized spacial score (nSPS) is 11.0. The van der Waals surface area contributed by atoms with E-state index in [9.17, 15) is 4.79 Å². The van der Waals surface area contributed by atoms with Gasteiger partial charge in [-0.15, -0.1) is 0 Å².